The summed E-state index contributed by atoms with van der Waals surface area (Å²) in [4.78, 5) is 23.8. The smallest absolute Gasteiger partial charge is 0.493 e. The predicted octanol–water partition coefficient (Wildman–Crippen LogP) is 3.92. The van der Waals surface area contributed by atoms with E-state index in [4.69, 9.17) is 18.9 Å². The highest BCUT2D eigenvalue weighted by molar-refractivity contribution is 5.98. The molecule has 0 saturated carbocycles. The first-order valence-electron chi connectivity index (χ1n) is 8.92. The van der Waals surface area contributed by atoms with Crippen molar-refractivity contribution in [3.05, 3.63) is 65.2 Å². The average molecular weight is 395 g/mol. The van der Waals surface area contributed by atoms with E-state index in [0.717, 1.165) is 5.56 Å². The lowest BCUT2D eigenvalue weighted by Gasteiger charge is -2.10. The normalized spacial score (nSPS) is 10.6. The third-order valence-electron chi connectivity index (χ3n) is 3.76. The number of hydrogen-bond donors (Lipinski definition) is 0. The summed E-state index contributed by atoms with van der Waals surface area (Å²) < 4.78 is 20.2. The van der Waals surface area contributed by atoms with Crippen LogP contribution in [0.3, 0.4) is 0 Å². The van der Waals surface area contributed by atoms with Crippen molar-refractivity contribution in [2.75, 3.05) is 20.3 Å². The molecule has 7 nitrogen and oxygen atoms in total. The molecule has 0 aliphatic heterocycles. The quantitative estimate of drug-likeness (QED) is 0.289. The Morgan fingerprint density at radius 2 is 1.83 bits per heavy atom. The van der Waals surface area contributed by atoms with Crippen LogP contribution >= 0.6 is 0 Å². The van der Waals surface area contributed by atoms with Gasteiger partial charge in [-0.25, -0.2) is 9.59 Å². The molecule has 0 aliphatic rings. The summed E-state index contributed by atoms with van der Waals surface area (Å²) in [5.41, 5.74) is 1.31. The molecule has 2 aromatic rings. The van der Waals surface area contributed by atoms with E-state index in [9.17, 15) is 14.9 Å². The third kappa shape index (κ3) is 6.70. The molecule has 2 aromatic carbocycles. The number of carbonyl (C=O) groups excluding carboxylic acids is 2. The molecule has 2 rings (SSSR count). The SMILES string of the molecule is CCOC(=O)Oc1cc(C=C(C#N)C(=O)OCCc2ccccc2)ccc1OC. The number of benzene rings is 2. The third-order valence-corrected chi connectivity index (χ3v) is 3.76. The van der Waals surface area contributed by atoms with Crippen LogP contribution in [0.25, 0.3) is 6.08 Å². The fourth-order valence-electron chi connectivity index (χ4n) is 2.39. The Kier molecular flexibility index (Phi) is 8.27. The molecular weight excluding hydrogens is 374 g/mol. The first-order chi connectivity index (χ1) is 14.1. The van der Waals surface area contributed by atoms with Crippen LogP contribution in [-0.2, 0) is 20.7 Å². The van der Waals surface area contributed by atoms with E-state index in [1.54, 1.807) is 19.1 Å². The van der Waals surface area contributed by atoms with E-state index in [-0.39, 0.29) is 24.5 Å². The Morgan fingerprint density at radius 1 is 1.07 bits per heavy atom. The van der Waals surface area contributed by atoms with Gasteiger partial charge in [-0.2, -0.15) is 5.26 Å². The number of rotatable bonds is 8. The number of hydrogen-bond acceptors (Lipinski definition) is 7. The van der Waals surface area contributed by atoms with Crippen LogP contribution in [0.5, 0.6) is 11.5 Å². The Bertz CT molecular complexity index is 915. The van der Waals surface area contributed by atoms with E-state index < -0.39 is 12.1 Å². The lowest BCUT2D eigenvalue weighted by Crippen LogP contribution is -2.11. The van der Waals surface area contributed by atoms with Gasteiger partial charge in [-0.1, -0.05) is 36.4 Å². The van der Waals surface area contributed by atoms with Gasteiger partial charge in [-0.05, 0) is 36.3 Å². The van der Waals surface area contributed by atoms with Crippen molar-refractivity contribution in [2.24, 2.45) is 0 Å². The Labute approximate surface area is 169 Å². The maximum atomic E-state index is 12.2. The fraction of sp³-hybridized carbons (Fsp3) is 0.227. The Balaban J connectivity index is 2.09. The second-order valence-corrected chi connectivity index (χ2v) is 5.74. The van der Waals surface area contributed by atoms with Gasteiger partial charge in [-0.15, -0.1) is 0 Å². The van der Waals surface area contributed by atoms with Gasteiger partial charge in [-0.3, -0.25) is 0 Å². The molecule has 0 atom stereocenters. The highest BCUT2D eigenvalue weighted by Gasteiger charge is 2.14. The molecule has 0 N–H and O–H groups in total. The molecule has 7 heteroatoms. The molecule has 0 bridgehead atoms. The highest BCUT2D eigenvalue weighted by atomic mass is 16.7. The van der Waals surface area contributed by atoms with Gasteiger partial charge >= 0.3 is 12.1 Å². The number of nitriles is 1. The van der Waals surface area contributed by atoms with Gasteiger partial charge in [0.05, 0.1) is 20.3 Å². The van der Waals surface area contributed by atoms with Crippen molar-refractivity contribution in [2.45, 2.75) is 13.3 Å². The van der Waals surface area contributed by atoms with Crippen LogP contribution in [0.1, 0.15) is 18.1 Å². The summed E-state index contributed by atoms with van der Waals surface area (Å²) in [7, 11) is 1.42. The average Bonchev–Trinajstić information content (AvgIpc) is 2.73. The molecule has 0 heterocycles. The second kappa shape index (κ2) is 11.1. The van der Waals surface area contributed by atoms with Gasteiger partial charge in [0.1, 0.15) is 11.6 Å². The minimum Gasteiger partial charge on any atom is -0.493 e. The number of ether oxygens (including phenoxy) is 4. The van der Waals surface area contributed by atoms with Gasteiger partial charge in [0, 0.05) is 6.42 Å². The largest absolute Gasteiger partial charge is 0.513 e. The molecule has 0 fully saturated rings. The van der Waals surface area contributed by atoms with E-state index in [2.05, 4.69) is 0 Å². The Hall–Kier alpha value is -3.79. The number of esters is 1. The van der Waals surface area contributed by atoms with Crippen molar-refractivity contribution in [3.8, 4) is 17.6 Å². The van der Waals surface area contributed by atoms with E-state index in [0.29, 0.717) is 17.7 Å². The lowest BCUT2D eigenvalue weighted by molar-refractivity contribution is -0.138. The Morgan fingerprint density at radius 3 is 2.48 bits per heavy atom. The zero-order valence-corrected chi connectivity index (χ0v) is 16.2. The van der Waals surface area contributed by atoms with Crippen LogP contribution in [-0.4, -0.2) is 32.4 Å². The van der Waals surface area contributed by atoms with Crippen LogP contribution in [0, 0.1) is 11.3 Å². The summed E-state index contributed by atoms with van der Waals surface area (Å²) in [6, 6.07) is 16.0. The van der Waals surface area contributed by atoms with Crippen molar-refractivity contribution in [3.63, 3.8) is 0 Å². The minimum atomic E-state index is -0.882. The zero-order chi connectivity index (χ0) is 21.1. The summed E-state index contributed by atoms with van der Waals surface area (Å²) >= 11 is 0. The van der Waals surface area contributed by atoms with Gasteiger partial charge in [0.2, 0.25) is 0 Å². The summed E-state index contributed by atoms with van der Waals surface area (Å²) in [5, 5.41) is 9.31. The van der Waals surface area contributed by atoms with Gasteiger partial charge in [0.25, 0.3) is 0 Å². The first kappa shape index (κ1) is 21.5. The van der Waals surface area contributed by atoms with Gasteiger partial charge in [0.15, 0.2) is 11.5 Å². The molecule has 29 heavy (non-hydrogen) atoms. The minimum absolute atomic E-state index is 0.106. The fourth-order valence-corrected chi connectivity index (χ4v) is 2.39. The summed E-state index contributed by atoms with van der Waals surface area (Å²) in [6.07, 6.45) is 1.01. The molecule has 0 saturated heterocycles. The number of methoxy groups -OCH3 is 1. The molecular formula is C22H21NO6. The molecule has 150 valence electrons. The second-order valence-electron chi connectivity index (χ2n) is 5.74. The number of carbonyl (C=O) groups is 2. The van der Waals surface area contributed by atoms with Crippen molar-refractivity contribution >= 4 is 18.2 Å². The monoisotopic (exact) mass is 395 g/mol. The zero-order valence-electron chi connectivity index (χ0n) is 16.2. The van der Waals surface area contributed by atoms with Crippen molar-refractivity contribution in [1.82, 2.24) is 0 Å². The molecule has 0 aliphatic carbocycles. The topological polar surface area (TPSA) is 94.9 Å². The highest BCUT2D eigenvalue weighted by Crippen LogP contribution is 2.29. The maximum Gasteiger partial charge on any atom is 0.513 e. The van der Waals surface area contributed by atoms with Gasteiger partial charge < -0.3 is 18.9 Å². The molecule has 0 unspecified atom stereocenters. The van der Waals surface area contributed by atoms with Crippen molar-refractivity contribution in [1.29, 1.82) is 5.26 Å². The lowest BCUT2D eigenvalue weighted by atomic mass is 10.1. The maximum absolute atomic E-state index is 12.2. The summed E-state index contributed by atoms with van der Waals surface area (Å²) in [6.45, 7) is 1.97. The van der Waals surface area contributed by atoms with Crippen LogP contribution in [0.2, 0.25) is 0 Å². The first-order valence-corrected chi connectivity index (χ1v) is 8.92. The van der Waals surface area contributed by atoms with E-state index >= 15 is 0 Å². The van der Waals surface area contributed by atoms with Crippen LogP contribution in [0.4, 0.5) is 4.79 Å². The summed E-state index contributed by atoms with van der Waals surface area (Å²) in [5.74, 6) is -0.319. The molecule has 0 radical (unpaired) electrons. The van der Waals surface area contributed by atoms with E-state index in [1.165, 1.54) is 19.3 Å². The standard InChI is InChI=1S/C22H21NO6/c1-3-27-22(25)29-20-14-17(9-10-19(20)26-2)13-18(15-23)21(24)28-12-11-16-7-5-4-6-8-16/h4-10,13-14H,3,11-12H2,1-2H3. The van der Waals surface area contributed by atoms with Crippen molar-refractivity contribution < 1.29 is 28.5 Å². The molecule has 0 spiro atoms. The van der Waals surface area contributed by atoms with Crippen LogP contribution in [0.15, 0.2) is 54.1 Å². The number of nitrogens with zero attached hydrogens (tertiary/aromatic N) is 1. The predicted molar refractivity (Wildman–Crippen MR) is 105 cm³/mol. The van der Waals surface area contributed by atoms with E-state index in [1.807, 2.05) is 36.4 Å². The molecule has 0 amide bonds. The van der Waals surface area contributed by atoms with Crippen LogP contribution < -0.4 is 9.47 Å². The molecule has 0 aromatic heterocycles.